The summed E-state index contributed by atoms with van der Waals surface area (Å²) in [7, 11) is 3.25. The van der Waals surface area contributed by atoms with E-state index in [-0.39, 0.29) is 24.4 Å². The molecule has 1 saturated carbocycles. The van der Waals surface area contributed by atoms with Crippen molar-refractivity contribution in [2.75, 3.05) is 25.7 Å². The smallest absolute Gasteiger partial charge is 0.247 e. The molecule has 7 nitrogen and oxygen atoms in total. The first-order valence-electron chi connectivity index (χ1n) is 12.4. The molecular formula is C29H33N3O4. The van der Waals surface area contributed by atoms with Gasteiger partial charge in [-0.25, -0.2) is 0 Å². The molecule has 0 radical (unpaired) electrons. The number of hydrogen-bond donors (Lipinski definition) is 0. The first-order valence-corrected chi connectivity index (χ1v) is 12.4. The number of ether oxygens (including phenoxy) is 2. The quantitative estimate of drug-likeness (QED) is 0.493. The second-order valence-corrected chi connectivity index (χ2v) is 10.5. The first-order chi connectivity index (χ1) is 17.2. The maximum absolute atomic E-state index is 14.3. The number of carbonyl (C=O) groups excluding carboxylic acids is 2. The van der Waals surface area contributed by atoms with Crippen LogP contribution in [0.4, 0.5) is 5.69 Å². The molecule has 5 rings (SSSR count). The van der Waals surface area contributed by atoms with Crippen molar-refractivity contribution in [2.24, 2.45) is 5.41 Å². The molecule has 188 valence electrons. The number of amides is 2. The monoisotopic (exact) mass is 487 g/mol. The zero-order chi connectivity index (χ0) is 25.6. The number of aromatic nitrogens is 1. The summed E-state index contributed by atoms with van der Waals surface area (Å²) in [6.45, 7) is 5.74. The van der Waals surface area contributed by atoms with Crippen molar-refractivity contribution in [3.8, 4) is 17.2 Å². The van der Waals surface area contributed by atoms with Gasteiger partial charge < -0.3 is 18.9 Å². The molecule has 36 heavy (non-hydrogen) atoms. The standard InChI is InChI=1S/C29H33N3O4/c1-29(2,3)28(34)31(19-12-13-19)18-26(33)32-23-10-7-6-9-22(23)30-16-8-11-24(30)27(32)21-17-20(35-4)14-15-25(21)36-5/h6-11,14-17,19,27H,12-13,18H2,1-5H3. The van der Waals surface area contributed by atoms with Crippen LogP contribution in [-0.4, -0.2) is 48.1 Å². The van der Waals surface area contributed by atoms with Crippen molar-refractivity contribution in [3.63, 3.8) is 0 Å². The van der Waals surface area contributed by atoms with E-state index in [1.54, 1.807) is 19.1 Å². The van der Waals surface area contributed by atoms with Crippen LogP contribution in [0.5, 0.6) is 11.5 Å². The van der Waals surface area contributed by atoms with Gasteiger partial charge >= 0.3 is 0 Å². The molecule has 2 aromatic carbocycles. The summed E-state index contributed by atoms with van der Waals surface area (Å²) in [5.74, 6) is 1.21. The van der Waals surface area contributed by atoms with Gasteiger partial charge in [0.1, 0.15) is 24.1 Å². The Bertz CT molecular complexity index is 1300. The summed E-state index contributed by atoms with van der Waals surface area (Å²) in [5.41, 5.74) is 2.91. The lowest BCUT2D eigenvalue weighted by molar-refractivity contribution is -0.142. The molecule has 1 atom stereocenters. The lowest BCUT2D eigenvalue weighted by atomic mass is 9.94. The fourth-order valence-electron chi connectivity index (χ4n) is 5.01. The Balaban J connectivity index is 1.65. The number of hydrogen-bond acceptors (Lipinski definition) is 4. The summed E-state index contributed by atoms with van der Waals surface area (Å²) in [6.07, 6.45) is 3.87. The average Bonchev–Trinajstić information content (AvgIpc) is 3.60. The zero-order valence-electron chi connectivity index (χ0n) is 21.5. The highest BCUT2D eigenvalue weighted by molar-refractivity contribution is 6.01. The minimum Gasteiger partial charge on any atom is -0.497 e. The number of fused-ring (bicyclic) bond motifs is 3. The third kappa shape index (κ3) is 4.12. The van der Waals surface area contributed by atoms with Crippen molar-refractivity contribution in [1.82, 2.24) is 9.47 Å². The van der Waals surface area contributed by atoms with Crippen LogP contribution in [0.25, 0.3) is 5.69 Å². The largest absolute Gasteiger partial charge is 0.497 e. The van der Waals surface area contributed by atoms with Gasteiger partial charge in [0.15, 0.2) is 0 Å². The summed E-state index contributed by atoms with van der Waals surface area (Å²) < 4.78 is 13.4. The van der Waals surface area contributed by atoms with Gasteiger partial charge in [-0.05, 0) is 55.3 Å². The van der Waals surface area contributed by atoms with Crippen molar-refractivity contribution in [2.45, 2.75) is 45.7 Å². The topological polar surface area (TPSA) is 64.0 Å². The van der Waals surface area contributed by atoms with Gasteiger partial charge in [0, 0.05) is 23.2 Å². The minimum atomic E-state index is -0.563. The van der Waals surface area contributed by atoms with Gasteiger partial charge in [0.05, 0.1) is 31.3 Å². The molecule has 0 saturated heterocycles. The van der Waals surface area contributed by atoms with Gasteiger partial charge in [-0.15, -0.1) is 0 Å². The van der Waals surface area contributed by atoms with Crippen molar-refractivity contribution < 1.29 is 19.1 Å². The second kappa shape index (κ2) is 9.04. The lowest BCUT2D eigenvalue weighted by Crippen LogP contribution is -2.49. The highest BCUT2D eigenvalue weighted by Crippen LogP contribution is 2.45. The fraction of sp³-hybridized carbons (Fsp3) is 0.379. The molecule has 0 spiro atoms. The molecule has 2 aliphatic rings. The number of anilines is 1. The summed E-state index contributed by atoms with van der Waals surface area (Å²) >= 11 is 0. The van der Waals surface area contributed by atoms with Crippen LogP contribution in [0.1, 0.15) is 50.9 Å². The molecule has 3 aromatic rings. The van der Waals surface area contributed by atoms with E-state index in [2.05, 4.69) is 4.57 Å². The summed E-state index contributed by atoms with van der Waals surface area (Å²) in [5, 5.41) is 0. The molecular weight excluding hydrogens is 454 g/mol. The van der Waals surface area contributed by atoms with E-state index in [0.29, 0.717) is 11.5 Å². The normalized spacial score (nSPS) is 16.7. The third-order valence-corrected chi connectivity index (χ3v) is 6.92. The summed E-state index contributed by atoms with van der Waals surface area (Å²) in [4.78, 5) is 31.2. The van der Waals surface area contributed by atoms with Gasteiger partial charge in [0.2, 0.25) is 11.8 Å². The Morgan fingerprint density at radius 2 is 1.69 bits per heavy atom. The van der Waals surface area contributed by atoms with Gasteiger partial charge in [-0.3, -0.25) is 14.5 Å². The van der Waals surface area contributed by atoms with E-state index in [1.807, 2.05) is 86.5 Å². The molecule has 2 heterocycles. The highest BCUT2D eigenvalue weighted by atomic mass is 16.5. The molecule has 1 unspecified atom stereocenters. The second-order valence-electron chi connectivity index (χ2n) is 10.5. The Labute approximate surface area is 212 Å². The van der Waals surface area contributed by atoms with Crippen molar-refractivity contribution >= 4 is 17.5 Å². The van der Waals surface area contributed by atoms with Crippen LogP contribution in [0.15, 0.2) is 60.8 Å². The lowest BCUT2D eigenvalue weighted by Gasteiger charge is -2.40. The maximum atomic E-state index is 14.3. The molecule has 0 N–H and O–H groups in total. The predicted octanol–water partition coefficient (Wildman–Crippen LogP) is 4.97. The van der Waals surface area contributed by atoms with Crippen molar-refractivity contribution in [3.05, 3.63) is 72.1 Å². The van der Waals surface area contributed by atoms with Crippen LogP contribution in [-0.2, 0) is 9.59 Å². The van der Waals surface area contributed by atoms with Crippen LogP contribution >= 0.6 is 0 Å². The first kappa shape index (κ1) is 24.0. The van der Waals surface area contributed by atoms with E-state index in [1.165, 1.54) is 0 Å². The molecule has 1 aliphatic heterocycles. The number of carbonyl (C=O) groups is 2. The number of para-hydroxylation sites is 2. The number of nitrogens with zero attached hydrogens (tertiary/aromatic N) is 3. The SMILES string of the molecule is COc1ccc(OC)c(C2c3cccn3-c3ccccc3N2C(=O)CN(C(=O)C(C)(C)C)C2CC2)c1. The Kier molecular flexibility index (Phi) is 6.02. The number of rotatable bonds is 6. The molecule has 1 fully saturated rings. The van der Waals surface area contributed by atoms with E-state index in [9.17, 15) is 9.59 Å². The minimum absolute atomic E-state index is 0.00234. The Hall–Kier alpha value is -3.74. The average molecular weight is 488 g/mol. The number of methoxy groups -OCH3 is 2. The maximum Gasteiger partial charge on any atom is 0.247 e. The summed E-state index contributed by atoms with van der Waals surface area (Å²) in [6, 6.07) is 17.2. The van der Waals surface area contributed by atoms with E-state index < -0.39 is 11.5 Å². The Morgan fingerprint density at radius 3 is 2.33 bits per heavy atom. The molecule has 0 bridgehead atoms. The van der Waals surface area contributed by atoms with Crippen LogP contribution < -0.4 is 14.4 Å². The van der Waals surface area contributed by atoms with Gasteiger partial charge in [-0.2, -0.15) is 0 Å². The zero-order valence-corrected chi connectivity index (χ0v) is 21.5. The molecule has 2 amide bonds. The molecule has 1 aromatic heterocycles. The van der Waals surface area contributed by atoms with Crippen molar-refractivity contribution in [1.29, 1.82) is 0 Å². The fourth-order valence-corrected chi connectivity index (χ4v) is 5.01. The predicted molar refractivity (Wildman–Crippen MR) is 139 cm³/mol. The van der Waals surface area contributed by atoms with Gasteiger partial charge in [-0.1, -0.05) is 32.9 Å². The molecule has 1 aliphatic carbocycles. The highest BCUT2D eigenvalue weighted by Gasteiger charge is 2.42. The van der Waals surface area contributed by atoms with Crippen LogP contribution in [0.3, 0.4) is 0 Å². The van der Waals surface area contributed by atoms with Crippen LogP contribution in [0.2, 0.25) is 0 Å². The van der Waals surface area contributed by atoms with Crippen LogP contribution in [0, 0.1) is 5.41 Å². The number of benzene rings is 2. The third-order valence-electron chi connectivity index (χ3n) is 6.92. The van der Waals surface area contributed by atoms with E-state index >= 15 is 0 Å². The molecule has 7 heteroatoms. The van der Waals surface area contributed by atoms with E-state index in [4.69, 9.17) is 9.47 Å². The Morgan fingerprint density at radius 1 is 0.972 bits per heavy atom. The van der Waals surface area contributed by atoms with Gasteiger partial charge in [0.25, 0.3) is 0 Å². The van der Waals surface area contributed by atoms with E-state index in [0.717, 1.165) is 35.5 Å².